The van der Waals surface area contributed by atoms with Crippen LogP contribution in [0.25, 0.3) is 0 Å². The summed E-state index contributed by atoms with van der Waals surface area (Å²) in [5, 5.41) is 17.7. The molecule has 1 amide bonds. The van der Waals surface area contributed by atoms with Crippen LogP contribution in [0, 0.1) is 11.8 Å². The molecule has 7 rings (SSSR count). The second-order valence-electron chi connectivity index (χ2n) is 17.1. The molecular weight excluding hydrogens is 748 g/mol. The predicted octanol–water partition coefficient (Wildman–Crippen LogP) is 9.04. The smallest absolute Gasteiger partial charge is 0.329 e. The quantitative estimate of drug-likeness (QED) is 0.0831. The van der Waals surface area contributed by atoms with E-state index in [1.807, 2.05) is 60.8 Å². The number of carboxylic acid groups (broad SMARTS) is 1. The van der Waals surface area contributed by atoms with E-state index in [1.165, 1.54) is 22.4 Å². The van der Waals surface area contributed by atoms with Gasteiger partial charge < -0.3 is 30.9 Å². The maximum absolute atomic E-state index is 13.1. The van der Waals surface area contributed by atoms with E-state index in [9.17, 15) is 14.7 Å². The molecule has 2 unspecified atom stereocenters. The molecular formula is C48H59ClN4O5. The van der Waals surface area contributed by atoms with Gasteiger partial charge in [0, 0.05) is 54.1 Å². The van der Waals surface area contributed by atoms with E-state index in [2.05, 4.69) is 41.6 Å². The third-order valence-corrected chi connectivity index (χ3v) is 13.3. The van der Waals surface area contributed by atoms with Gasteiger partial charge in [0.25, 0.3) is 0 Å². The first-order valence-corrected chi connectivity index (χ1v) is 21.6. The van der Waals surface area contributed by atoms with E-state index in [4.69, 9.17) is 26.8 Å². The van der Waals surface area contributed by atoms with Gasteiger partial charge in [0.1, 0.15) is 23.1 Å². The molecule has 1 aromatic heterocycles. The van der Waals surface area contributed by atoms with Crippen molar-refractivity contribution in [3.05, 3.63) is 118 Å². The van der Waals surface area contributed by atoms with Gasteiger partial charge in [-0.1, -0.05) is 67.9 Å². The van der Waals surface area contributed by atoms with Crippen LogP contribution in [0.5, 0.6) is 11.5 Å². The molecule has 0 bridgehead atoms. The minimum Gasteiger partial charge on any atom is -0.493 e. The first-order valence-electron chi connectivity index (χ1n) is 21.3. The summed E-state index contributed by atoms with van der Waals surface area (Å²) in [6.45, 7) is 5.95. The van der Waals surface area contributed by atoms with Gasteiger partial charge in [0.2, 0.25) is 5.91 Å². The second kappa shape index (κ2) is 18.5. The lowest BCUT2D eigenvalue weighted by molar-refractivity contribution is -0.144. The highest BCUT2D eigenvalue weighted by molar-refractivity contribution is 6.30. The van der Waals surface area contributed by atoms with Crippen molar-refractivity contribution >= 4 is 29.2 Å². The number of aryl methyl sites for hydroxylation is 2. The molecule has 1 heterocycles. The number of anilines is 1. The monoisotopic (exact) mass is 806 g/mol. The van der Waals surface area contributed by atoms with Gasteiger partial charge in [-0.25, -0.2) is 4.79 Å². The number of pyridine rings is 1. The highest BCUT2D eigenvalue weighted by Crippen LogP contribution is 2.57. The van der Waals surface area contributed by atoms with Gasteiger partial charge in [0.15, 0.2) is 0 Å². The summed E-state index contributed by atoms with van der Waals surface area (Å²) in [5.74, 6) is 1.90. The van der Waals surface area contributed by atoms with E-state index in [1.54, 1.807) is 12.1 Å². The van der Waals surface area contributed by atoms with Crippen molar-refractivity contribution in [3.8, 4) is 11.5 Å². The van der Waals surface area contributed by atoms with Crippen LogP contribution in [0.2, 0.25) is 5.02 Å². The van der Waals surface area contributed by atoms with E-state index in [0.29, 0.717) is 87.2 Å². The van der Waals surface area contributed by atoms with Crippen molar-refractivity contribution in [2.75, 3.05) is 25.0 Å². The largest absolute Gasteiger partial charge is 0.493 e. The lowest BCUT2D eigenvalue weighted by Gasteiger charge is -2.47. The molecule has 0 radical (unpaired) electrons. The van der Waals surface area contributed by atoms with E-state index in [-0.39, 0.29) is 23.3 Å². The molecule has 3 aliphatic carbocycles. The summed E-state index contributed by atoms with van der Waals surface area (Å²) < 4.78 is 13.1. The number of halogens is 1. The molecule has 58 heavy (non-hydrogen) atoms. The minimum absolute atomic E-state index is 0.0130. The number of aliphatic carboxylic acids is 1. The Hall–Kier alpha value is -4.60. The Morgan fingerprint density at radius 2 is 1.84 bits per heavy atom. The number of aromatic nitrogens is 1. The Bertz CT molecular complexity index is 2030. The fourth-order valence-electron chi connectivity index (χ4n) is 9.93. The summed E-state index contributed by atoms with van der Waals surface area (Å²) in [4.78, 5) is 30.4. The van der Waals surface area contributed by atoms with Crippen molar-refractivity contribution < 1.29 is 24.2 Å². The number of rotatable bonds is 17. The summed E-state index contributed by atoms with van der Waals surface area (Å²) in [6, 6.07) is 25.8. The molecule has 0 aliphatic heterocycles. The molecule has 5 N–H and O–H groups in total. The maximum Gasteiger partial charge on any atom is 0.329 e. The number of benzene rings is 3. The Labute approximate surface area is 348 Å². The number of nitrogens with two attached hydrogens (primary N) is 1. The van der Waals surface area contributed by atoms with Crippen LogP contribution in [0.3, 0.4) is 0 Å². The number of fused-ring (bicyclic) bond motifs is 3. The minimum atomic E-state index is -1.11. The molecule has 1 saturated carbocycles. The molecule has 0 saturated heterocycles. The first-order chi connectivity index (χ1) is 28.1. The van der Waals surface area contributed by atoms with Crippen LogP contribution in [0.1, 0.15) is 106 Å². The topological polar surface area (TPSA) is 136 Å². The summed E-state index contributed by atoms with van der Waals surface area (Å²) in [5.41, 5.74) is 11.7. The molecule has 1 spiro atoms. The maximum atomic E-state index is 13.1. The van der Waals surface area contributed by atoms with Crippen molar-refractivity contribution in [3.63, 3.8) is 0 Å². The number of ether oxygens (including phenoxy) is 2. The Morgan fingerprint density at radius 1 is 1.03 bits per heavy atom. The molecule has 3 aliphatic rings. The molecule has 3 aromatic carbocycles. The fourth-order valence-corrected chi connectivity index (χ4v) is 10.1. The van der Waals surface area contributed by atoms with Gasteiger partial charge in [-0.3, -0.25) is 9.78 Å². The number of hydrogen-bond acceptors (Lipinski definition) is 7. The molecule has 10 heteroatoms. The summed E-state index contributed by atoms with van der Waals surface area (Å²) in [6.07, 6.45) is 10.9. The SMILES string of the molecule is C[C@@H](COc1ccnc2c1[C@H](C)CCC2)CC1Cc2ccc(OC(CN)CCNC(=O)CCc3ccccc3)cc2C12CCC(Nc1cccc(Cl)c1)(C(=O)O)CC2. The highest BCUT2D eigenvalue weighted by Gasteiger charge is 2.54. The van der Waals surface area contributed by atoms with Crippen LogP contribution in [0.4, 0.5) is 5.69 Å². The summed E-state index contributed by atoms with van der Waals surface area (Å²) in [7, 11) is 0. The van der Waals surface area contributed by atoms with Crippen molar-refractivity contribution in [2.45, 2.75) is 114 Å². The van der Waals surface area contributed by atoms with Crippen LogP contribution >= 0.6 is 11.6 Å². The molecule has 4 atom stereocenters. The zero-order valence-electron chi connectivity index (χ0n) is 34.0. The number of carbonyl (C=O) groups is 2. The summed E-state index contributed by atoms with van der Waals surface area (Å²) >= 11 is 6.31. The first kappa shape index (κ1) is 41.6. The van der Waals surface area contributed by atoms with Crippen LogP contribution in [-0.4, -0.2) is 53.3 Å². The van der Waals surface area contributed by atoms with Crippen molar-refractivity contribution in [1.82, 2.24) is 10.3 Å². The normalized spacial score (nSPS) is 23.3. The Kier molecular flexibility index (Phi) is 13.3. The van der Waals surface area contributed by atoms with Crippen molar-refractivity contribution in [2.24, 2.45) is 17.6 Å². The number of nitrogens with zero attached hydrogens (tertiary/aromatic N) is 1. The standard InChI is InChI=1S/C48H59ClN4O5/c1-32(31-57-43-19-25-51-42-13-6-8-33(2)45(42)43)26-36-27-35-15-16-39(58-40(30-50)18-24-52-44(54)17-14-34-9-4-3-5-10-34)29-41(35)47(36)20-22-48(23-21-47,46(55)56)53-38-12-7-11-37(49)28-38/h3-5,7,9-12,15-16,19,25,28-29,32-33,36,40,53H,6,8,13-14,17-18,20-24,26-27,30-31,50H2,1-2H3,(H,52,54)(H,55,56)/t32-,33-,36?,40?,47?,48?/m1/s1. The third kappa shape index (κ3) is 9.47. The number of nitrogens with one attached hydrogen (secondary N) is 2. The second-order valence-corrected chi connectivity index (χ2v) is 17.5. The molecule has 9 nitrogen and oxygen atoms in total. The molecule has 1 fully saturated rings. The molecule has 4 aromatic rings. The van der Waals surface area contributed by atoms with Gasteiger partial charge in [-0.2, -0.15) is 0 Å². The number of carbonyl (C=O) groups excluding carboxylic acids is 1. The van der Waals surface area contributed by atoms with Crippen LogP contribution in [-0.2, 0) is 34.3 Å². The molecule has 308 valence electrons. The number of hydrogen-bond donors (Lipinski definition) is 4. The average Bonchev–Trinajstić information content (AvgIpc) is 3.51. The average molecular weight is 807 g/mol. The third-order valence-electron chi connectivity index (χ3n) is 13.1. The zero-order valence-corrected chi connectivity index (χ0v) is 34.7. The number of carboxylic acids is 1. The van der Waals surface area contributed by atoms with Gasteiger partial charge >= 0.3 is 5.97 Å². The predicted molar refractivity (Wildman–Crippen MR) is 230 cm³/mol. The van der Waals surface area contributed by atoms with Crippen molar-refractivity contribution in [1.29, 1.82) is 0 Å². The fraction of sp³-hybridized carbons (Fsp3) is 0.479. The van der Waals surface area contributed by atoms with Crippen LogP contribution < -0.4 is 25.8 Å². The van der Waals surface area contributed by atoms with Gasteiger partial charge in [-0.15, -0.1) is 0 Å². The van der Waals surface area contributed by atoms with Gasteiger partial charge in [-0.05, 0) is 140 Å². The van der Waals surface area contributed by atoms with E-state index < -0.39 is 11.5 Å². The Balaban J connectivity index is 1.06. The van der Waals surface area contributed by atoms with Crippen LogP contribution in [0.15, 0.2) is 85.1 Å². The highest BCUT2D eigenvalue weighted by atomic mass is 35.5. The van der Waals surface area contributed by atoms with E-state index >= 15 is 0 Å². The number of amides is 1. The van der Waals surface area contributed by atoms with E-state index in [0.717, 1.165) is 49.2 Å². The lowest BCUT2D eigenvalue weighted by atomic mass is 9.59. The Morgan fingerprint density at radius 3 is 2.60 bits per heavy atom. The zero-order chi connectivity index (χ0) is 40.7. The lowest BCUT2D eigenvalue weighted by Crippen LogP contribution is -2.53. The van der Waals surface area contributed by atoms with Gasteiger partial charge in [0.05, 0.1) is 6.61 Å².